The van der Waals surface area contributed by atoms with E-state index < -0.39 is 0 Å². The first-order valence-electron chi connectivity index (χ1n) is 17.1. The zero-order valence-electron chi connectivity index (χ0n) is 27.5. The Morgan fingerprint density at radius 3 is 1.92 bits per heavy atom. The van der Waals surface area contributed by atoms with Gasteiger partial charge in [0.1, 0.15) is 5.69 Å². The van der Waals surface area contributed by atoms with Crippen molar-refractivity contribution in [2.75, 3.05) is 0 Å². The van der Waals surface area contributed by atoms with Crippen molar-refractivity contribution in [2.45, 2.75) is 0 Å². The van der Waals surface area contributed by atoms with E-state index in [0.717, 1.165) is 94.2 Å². The van der Waals surface area contributed by atoms with E-state index in [9.17, 15) is 0 Å². The minimum absolute atomic E-state index is 0.816. The standard InChI is InChI=1S/C46H29N5/c1-4-12-30(13-5-1)38-29-35-28-34(39-19-10-20-40(48-39)41-26-24-33-22-21-32-16-11-27-47-44(32)45(33)49-41)23-25-37(35)46-42(38)43(31-14-6-2-7-15-31)50-51(46)36-17-8-3-9-18-36/h1-29H. The van der Waals surface area contributed by atoms with Crippen LogP contribution in [-0.4, -0.2) is 24.7 Å². The summed E-state index contributed by atoms with van der Waals surface area (Å²) in [4.78, 5) is 14.9. The number of hydrogen-bond donors (Lipinski definition) is 0. The summed E-state index contributed by atoms with van der Waals surface area (Å²) in [5, 5.41) is 10.8. The molecule has 0 unspecified atom stereocenters. The lowest BCUT2D eigenvalue weighted by Gasteiger charge is -2.13. The summed E-state index contributed by atoms with van der Waals surface area (Å²) >= 11 is 0. The predicted molar refractivity (Wildman–Crippen MR) is 209 cm³/mol. The number of nitrogens with zero attached hydrogens (tertiary/aromatic N) is 5. The molecule has 0 atom stereocenters. The van der Waals surface area contributed by atoms with Gasteiger partial charge in [-0.1, -0.05) is 121 Å². The van der Waals surface area contributed by atoms with Crippen LogP contribution in [0.2, 0.25) is 0 Å². The average molecular weight is 652 g/mol. The first-order chi connectivity index (χ1) is 25.3. The number of benzene rings is 6. The Morgan fingerprint density at radius 2 is 1.12 bits per heavy atom. The van der Waals surface area contributed by atoms with Crippen LogP contribution in [-0.2, 0) is 0 Å². The summed E-state index contributed by atoms with van der Waals surface area (Å²) in [6.07, 6.45) is 1.82. The molecule has 4 aromatic heterocycles. The van der Waals surface area contributed by atoms with Crippen LogP contribution >= 0.6 is 0 Å². The van der Waals surface area contributed by atoms with E-state index in [1.54, 1.807) is 0 Å². The average Bonchev–Trinajstić information content (AvgIpc) is 3.62. The number of pyridine rings is 3. The monoisotopic (exact) mass is 651 g/mol. The molecule has 5 heteroatoms. The summed E-state index contributed by atoms with van der Waals surface area (Å²) in [6.45, 7) is 0. The van der Waals surface area contributed by atoms with Crippen LogP contribution in [0.3, 0.4) is 0 Å². The Hall–Kier alpha value is -6.98. The lowest BCUT2D eigenvalue weighted by atomic mass is 9.92. The van der Waals surface area contributed by atoms with Crippen molar-refractivity contribution in [3.05, 3.63) is 176 Å². The van der Waals surface area contributed by atoms with Crippen molar-refractivity contribution in [3.8, 4) is 50.7 Å². The van der Waals surface area contributed by atoms with Crippen molar-refractivity contribution in [3.63, 3.8) is 0 Å². The molecule has 10 aromatic rings. The molecule has 0 amide bonds. The molecule has 5 nitrogen and oxygen atoms in total. The summed E-state index contributed by atoms with van der Waals surface area (Å²) < 4.78 is 2.11. The Balaban J connectivity index is 1.18. The molecular weight excluding hydrogens is 623 g/mol. The highest BCUT2D eigenvalue weighted by Gasteiger charge is 2.21. The van der Waals surface area contributed by atoms with E-state index in [0.29, 0.717) is 0 Å². The lowest BCUT2D eigenvalue weighted by molar-refractivity contribution is 0.918. The van der Waals surface area contributed by atoms with Gasteiger partial charge in [-0.2, -0.15) is 5.10 Å². The highest BCUT2D eigenvalue weighted by Crippen LogP contribution is 2.42. The second kappa shape index (κ2) is 11.9. The van der Waals surface area contributed by atoms with Gasteiger partial charge in [-0.3, -0.25) is 4.98 Å². The number of fused-ring (bicyclic) bond motifs is 6. The van der Waals surface area contributed by atoms with E-state index in [1.807, 2.05) is 36.5 Å². The van der Waals surface area contributed by atoms with Crippen molar-refractivity contribution in [1.29, 1.82) is 0 Å². The molecule has 0 saturated heterocycles. The van der Waals surface area contributed by atoms with Gasteiger partial charge in [0.15, 0.2) is 0 Å². The molecule has 0 radical (unpaired) electrons. The topological polar surface area (TPSA) is 56.5 Å². The molecule has 10 rings (SSSR count). The maximum absolute atomic E-state index is 5.33. The van der Waals surface area contributed by atoms with Crippen LogP contribution in [0.4, 0.5) is 0 Å². The van der Waals surface area contributed by atoms with Gasteiger partial charge in [-0.05, 0) is 65.0 Å². The fourth-order valence-electron chi connectivity index (χ4n) is 7.21. The van der Waals surface area contributed by atoms with Crippen LogP contribution in [0.15, 0.2) is 176 Å². The van der Waals surface area contributed by atoms with Gasteiger partial charge < -0.3 is 0 Å². The summed E-state index contributed by atoms with van der Waals surface area (Å²) in [5.74, 6) is 0. The van der Waals surface area contributed by atoms with Crippen molar-refractivity contribution in [1.82, 2.24) is 24.7 Å². The van der Waals surface area contributed by atoms with Gasteiger partial charge in [0.2, 0.25) is 0 Å². The Labute approximate surface area is 294 Å². The number of aromatic nitrogens is 5. The van der Waals surface area contributed by atoms with Crippen molar-refractivity contribution in [2.24, 2.45) is 0 Å². The third-order valence-electron chi connectivity index (χ3n) is 9.63. The number of hydrogen-bond acceptors (Lipinski definition) is 4. The zero-order chi connectivity index (χ0) is 33.7. The van der Waals surface area contributed by atoms with E-state index in [2.05, 4.69) is 149 Å². The van der Waals surface area contributed by atoms with Gasteiger partial charge >= 0.3 is 0 Å². The van der Waals surface area contributed by atoms with Crippen LogP contribution in [0.1, 0.15) is 0 Å². The van der Waals surface area contributed by atoms with Crippen molar-refractivity contribution < 1.29 is 0 Å². The molecule has 0 saturated carbocycles. The third-order valence-corrected chi connectivity index (χ3v) is 9.63. The molecule has 4 heterocycles. The Morgan fingerprint density at radius 1 is 0.431 bits per heavy atom. The Kier molecular flexibility index (Phi) is 6.74. The van der Waals surface area contributed by atoms with E-state index in [-0.39, 0.29) is 0 Å². The predicted octanol–water partition coefficient (Wildman–Crippen LogP) is 11.3. The van der Waals surface area contributed by atoms with Crippen LogP contribution in [0.25, 0.3) is 94.2 Å². The minimum Gasteiger partial charge on any atom is -0.254 e. The van der Waals surface area contributed by atoms with Gasteiger partial charge in [0.25, 0.3) is 0 Å². The van der Waals surface area contributed by atoms with Gasteiger partial charge in [-0.15, -0.1) is 0 Å². The van der Waals surface area contributed by atoms with Gasteiger partial charge in [0.05, 0.1) is 39.3 Å². The summed E-state index contributed by atoms with van der Waals surface area (Å²) in [6, 6.07) is 59.0. The maximum atomic E-state index is 5.33. The highest BCUT2D eigenvalue weighted by atomic mass is 15.3. The molecule has 0 aliphatic carbocycles. The highest BCUT2D eigenvalue weighted by molar-refractivity contribution is 6.17. The lowest BCUT2D eigenvalue weighted by Crippen LogP contribution is -1.97. The largest absolute Gasteiger partial charge is 0.254 e. The first-order valence-corrected chi connectivity index (χ1v) is 17.1. The first kappa shape index (κ1) is 29.0. The smallest absolute Gasteiger partial charge is 0.101 e. The van der Waals surface area contributed by atoms with E-state index in [4.69, 9.17) is 15.1 Å². The quantitative estimate of drug-likeness (QED) is 0.174. The second-order valence-electron chi connectivity index (χ2n) is 12.7. The fourth-order valence-corrected chi connectivity index (χ4v) is 7.21. The van der Waals surface area contributed by atoms with Gasteiger partial charge in [0, 0.05) is 38.9 Å². The summed E-state index contributed by atoms with van der Waals surface area (Å²) in [7, 11) is 0. The fraction of sp³-hybridized carbons (Fsp3) is 0. The van der Waals surface area contributed by atoms with Crippen LogP contribution in [0.5, 0.6) is 0 Å². The SMILES string of the molecule is c1ccc(-c2cc3cc(-c4cccc(-c5ccc6ccc7cccnc7c6n5)n4)ccc3c3c2c(-c2ccccc2)nn3-c2ccccc2)cc1. The number of rotatable bonds is 5. The third kappa shape index (κ3) is 4.94. The molecule has 0 aliphatic heterocycles. The molecule has 238 valence electrons. The maximum Gasteiger partial charge on any atom is 0.101 e. The molecule has 6 aromatic carbocycles. The van der Waals surface area contributed by atoms with E-state index in [1.165, 1.54) is 0 Å². The van der Waals surface area contributed by atoms with Crippen LogP contribution in [0, 0.1) is 0 Å². The van der Waals surface area contributed by atoms with E-state index >= 15 is 0 Å². The number of para-hydroxylation sites is 1. The molecule has 51 heavy (non-hydrogen) atoms. The van der Waals surface area contributed by atoms with Crippen molar-refractivity contribution >= 4 is 43.5 Å². The van der Waals surface area contributed by atoms with Crippen LogP contribution < -0.4 is 0 Å². The second-order valence-corrected chi connectivity index (χ2v) is 12.7. The summed E-state index contributed by atoms with van der Waals surface area (Å²) in [5.41, 5.74) is 11.7. The molecular formula is C46H29N5. The molecule has 0 bridgehead atoms. The minimum atomic E-state index is 0.816. The van der Waals surface area contributed by atoms with Gasteiger partial charge in [-0.25, -0.2) is 14.6 Å². The molecule has 0 N–H and O–H groups in total. The molecule has 0 aliphatic rings. The normalized spacial score (nSPS) is 11.5. The Bertz CT molecular complexity index is 2900. The molecule has 0 fully saturated rings. The zero-order valence-corrected chi connectivity index (χ0v) is 27.5. The molecule has 0 spiro atoms.